The van der Waals surface area contributed by atoms with Crippen LogP contribution in [0.1, 0.15) is 17.7 Å². The van der Waals surface area contributed by atoms with Gasteiger partial charge in [-0.25, -0.2) is 0 Å². The summed E-state index contributed by atoms with van der Waals surface area (Å²) in [6, 6.07) is 4.34. The molecule has 0 radical (unpaired) electrons. The summed E-state index contributed by atoms with van der Waals surface area (Å²) in [4.78, 5) is 18.0. The fourth-order valence-corrected chi connectivity index (χ4v) is 4.56. The first-order valence-corrected chi connectivity index (χ1v) is 9.32. The van der Waals surface area contributed by atoms with Crippen LogP contribution in [-0.4, -0.2) is 68.7 Å². The minimum atomic E-state index is 0.0910. The molecule has 1 amide bonds. The Morgan fingerprint density at radius 2 is 2.26 bits per heavy atom. The summed E-state index contributed by atoms with van der Waals surface area (Å²) >= 11 is 1.83. The Labute approximate surface area is 142 Å². The molecule has 0 aliphatic carbocycles. The molecule has 2 aliphatic rings. The average molecular weight is 337 g/mol. The molecular formula is C17H27N3O2S. The molecule has 1 N–H and O–H groups in total. The lowest BCUT2D eigenvalue weighted by atomic mass is 9.80. The lowest BCUT2D eigenvalue weighted by Crippen LogP contribution is -2.51. The molecular weight excluding hydrogens is 310 g/mol. The third-order valence-corrected chi connectivity index (χ3v) is 5.73. The van der Waals surface area contributed by atoms with Gasteiger partial charge in [0.05, 0.1) is 19.8 Å². The van der Waals surface area contributed by atoms with Crippen molar-refractivity contribution in [2.75, 3.05) is 53.0 Å². The Morgan fingerprint density at radius 3 is 3.04 bits per heavy atom. The summed E-state index contributed by atoms with van der Waals surface area (Å²) in [5.41, 5.74) is 0.167. The third kappa shape index (κ3) is 4.53. The molecule has 0 bridgehead atoms. The van der Waals surface area contributed by atoms with Crippen LogP contribution in [0.4, 0.5) is 0 Å². The molecule has 1 atom stereocenters. The maximum Gasteiger partial charge on any atom is 0.233 e. The highest BCUT2D eigenvalue weighted by Gasteiger charge is 2.39. The van der Waals surface area contributed by atoms with Crippen LogP contribution in [-0.2, 0) is 16.1 Å². The highest BCUT2D eigenvalue weighted by Crippen LogP contribution is 2.33. The van der Waals surface area contributed by atoms with Crippen molar-refractivity contribution in [2.24, 2.45) is 5.41 Å². The number of nitrogens with zero attached hydrogens (tertiary/aromatic N) is 2. The van der Waals surface area contributed by atoms with Crippen LogP contribution in [0, 0.1) is 5.41 Å². The molecule has 5 nitrogen and oxygen atoms in total. The number of hydrogen-bond acceptors (Lipinski definition) is 5. The number of amides is 1. The van der Waals surface area contributed by atoms with Crippen LogP contribution in [0.25, 0.3) is 0 Å². The highest BCUT2D eigenvalue weighted by molar-refractivity contribution is 7.09. The fourth-order valence-electron chi connectivity index (χ4n) is 3.81. The van der Waals surface area contributed by atoms with E-state index < -0.39 is 0 Å². The maximum absolute atomic E-state index is 11.7. The quantitative estimate of drug-likeness (QED) is 0.902. The molecule has 1 spiro atoms. The Hall–Kier alpha value is -0.950. The molecule has 0 saturated carbocycles. The zero-order chi connectivity index (χ0) is 16.1. The van der Waals surface area contributed by atoms with Gasteiger partial charge < -0.3 is 10.1 Å². The van der Waals surface area contributed by atoms with E-state index in [1.165, 1.54) is 17.7 Å². The monoisotopic (exact) mass is 337 g/mol. The zero-order valence-electron chi connectivity index (χ0n) is 13.9. The molecule has 1 aromatic rings. The van der Waals surface area contributed by atoms with E-state index in [1.807, 2.05) is 11.3 Å². The Bertz CT molecular complexity index is 508. The van der Waals surface area contributed by atoms with Gasteiger partial charge in [0.2, 0.25) is 5.91 Å². The van der Waals surface area contributed by atoms with E-state index in [4.69, 9.17) is 4.74 Å². The summed E-state index contributed by atoms with van der Waals surface area (Å²) in [6.07, 6.45) is 2.40. The predicted molar refractivity (Wildman–Crippen MR) is 92.6 cm³/mol. The number of likely N-dealkylation sites (tertiary alicyclic amines) is 1. The summed E-state index contributed by atoms with van der Waals surface area (Å²) in [5.74, 6) is 0.0910. The van der Waals surface area contributed by atoms with Gasteiger partial charge in [-0.05, 0) is 30.8 Å². The Balaban J connectivity index is 1.64. The van der Waals surface area contributed by atoms with Gasteiger partial charge in [0, 0.05) is 43.5 Å². The second-order valence-electron chi connectivity index (χ2n) is 6.83. The lowest BCUT2D eigenvalue weighted by molar-refractivity contribution is -0.122. The van der Waals surface area contributed by atoms with Crippen molar-refractivity contribution in [2.45, 2.75) is 19.4 Å². The molecule has 6 heteroatoms. The van der Waals surface area contributed by atoms with Gasteiger partial charge in [0.15, 0.2) is 0 Å². The SMILES string of the molecule is CNC(=O)CN1CCOC[C@]2(CCCN(Cc3cccs3)C2)C1. The van der Waals surface area contributed by atoms with Gasteiger partial charge in [-0.2, -0.15) is 0 Å². The van der Waals surface area contributed by atoms with Crippen molar-refractivity contribution < 1.29 is 9.53 Å². The van der Waals surface area contributed by atoms with E-state index in [1.54, 1.807) is 7.05 Å². The number of nitrogens with one attached hydrogen (secondary N) is 1. The number of rotatable bonds is 4. The van der Waals surface area contributed by atoms with Gasteiger partial charge in [0.1, 0.15) is 0 Å². The van der Waals surface area contributed by atoms with Crippen molar-refractivity contribution in [1.29, 1.82) is 0 Å². The smallest absolute Gasteiger partial charge is 0.233 e. The molecule has 2 fully saturated rings. The molecule has 2 saturated heterocycles. The normalized spacial score (nSPS) is 27.0. The number of likely N-dealkylation sites (N-methyl/N-ethyl adjacent to an activating group) is 1. The van der Waals surface area contributed by atoms with E-state index >= 15 is 0 Å². The molecule has 23 heavy (non-hydrogen) atoms. The Kier molecular flexibility index (Phi) is 5.69. The van der Waals surface area contributed by atoms with Crippen molar-refractivity contribution >= 4 is 17.2 Å². The maximum atomic E-state index is 11.7. The number of thiophene rings is 1. The molecule has 128 valence electrons. The topological polar surface area (TPSA) is 44.8 Å². The van der Waals surface area contributed by atoms with E-state index in [9.17, 15) is 4.79 Å². The first kappa shape index (κ1) is 16.9. The van der Waals surface area contributed by atoms with Gasteiger partial charge >= 0.3 is 0 Å². The van der Waals surface area contributed by atoms with Crippen LogP contribution in [0.3, 0.4) is 0 Å². The molecule has 0 unspecified atom stereocenters. The number of ether oxygens (including phenoxy) is 1. The molecule has 2 aliphatic heterocycles. The van der Waals surface area contributed by atoms with E-state index in [0.29, 0.717) is 6.54 Å². The summed E-state index contributed by atoms with van der Waals surface area (Å²) in [6.45, 7) is 7.09. The van der Waals surface area contributed by atoms with Gasteiger partial charge in [-0.3, -0.25) is 14.6 Å². The zero-order valence-corrected chi connectivity index (χ0v) is 14.7. The van der Waals surface area contributed by atoms with Crippen molar-refractivity contribution in [1.82, 2.24) is 15.1 Å². The molecule has 1 aromatic heterocycles. The van der Waals surface area contributed by atoms with Crippen LogP contribution >= 0.6 is 11.3 Å². The van der Waals surface area contributed by atoms with Crippen molar-refractivity contribution in [3.63, 3.8) is 0 Å². The van der Waals surface area contributed by atoms with Gasteiger partial charge in [0.25, 0.3) is 0 Å². The second kappa shape index (κ2) is 7.75. The molecule has 3 rings (SSSR count). The summed E-state index contributed by atoms with van der Waals surface area (Å²) < 4.78 is 5.92. The number of carbonyl (C=O) groups is 1. The average Bonchev–Trinajstić information content (AvgIpc) is 2.97. The Morgan fingerprint density at radius 1 is 1.39 bits per heavy atom. The van der Waals surface area contributed by atoms with Crippen molar-refractivity contribution in [3.05, 3.63) is 22.4 Å². The third-order valence-electron chi connectivity index (χ3n) is 4.87. The van der Waals surface area contributed by atoms with E-state index in [-0.39, 0.29) is 11.3 Å². The highest BCUT2D eigenvalue weighted by atomic mass is 32.1. The molecule has 0 aromatic carbocycles. The van der Waals surface area contributed by atoms with Gasteiger partial charge in [-0.15, -0.1) is 11.3 Å². The fraction of sp³-hybridized carbons (Fsp3) is 0.706. The predicted octanol–water partition coefficient (Wildman–Crippen LogP) is 1.41. The summed E-state index contributed by atoms with van der Waals surface area (Å²) in [5, 5.41) is 4.88. The van der Waals surface area contributed by atoms with Crippen LogP contribution in [0.15, 0.2) is 17.5 Å². The summed E-state index contributed by atoms with van der Waals surface area (Å²) in [7, 11) is 1.70. The first-order chi connectivity index (χ1) is 11.2. The van der Waals surface area contributed by atoms with E-state index in [0.717, 1.165) is 45.9 Å². The van der Waals surface area contributed by atoms with E-state index in [2.05, 4.69) is 32.6 Å². The lowest BCUT2D eigenvalue weighted by Gasteiger charge is -2.43. The first-order valence-electron chi connectivity index (χ1n) is 8.45. The van der Waals surface area contributed by atoms with Crippen LogP contribution < -0.4 is 5.32 Å². The minimum Gasteiger partial charge on any atom is -0.379 e. The van der Waals surface area contributed by atoms with Gasteiger partial charge in [-0.1, -0.05) is 6.07 Å². The van der Waals surface area contributed by atoms with Crippen LogP contribution in [0.2, 0.25) is 0 Å². The van der Waals surface area contributed by atoms with Crippen LogP contribution in [0.5, 0.6) is 0 Å². The minimum absolute atomic E-state index is 0.0910. The largest absolute Gasteiger partial charge is 0.379 e. The standard InChI is InChI=1S/C17H27N3O2S/c1-18-16(21)11-20-7-8-22-14-17(13-20)5-3-6-19(12-17)10-15-4-2-9-23-15/h2,4,9H,3,5-8,10-14H2,1H3,(H,18,21)/t17-/m0/s1. The second-order valence-corrected chi connectivity index (χ2v) is 7.86. The number of hydrogen-bond donors (Lipinski definition) is 1. The number of carbonyl (C=O) groups excluding carboxylic acids is 1. The van der Waals surface area contributed by atoms with Crippen molar-refractivity contribution in [3.8, 4) is 0 Å². The number of piperidine rings is 1. The molecule has 3 heterocycles.